The highest BCUT2D eigenvalue weighted by atomic mass is 16.5. The number of rotatable bonds is 5. The molecule has 0 fully saturated rings. The summed E-state index contributed by atoms with van der Waals surface area (Å²) < 4.78 is 5.13. The Hall–Kier alpha value is -3.34. The molecule has 0 radical (unpaired) electrons. The van der Waals surface area contributed by atoms with Crippen molar-refractivity contribution in [3.63, 3.8) is 0 Å². The van der Waals surface area contributed by atoms with Crippen LogP contribution in [0, 0.1) is 0 Å². The van der Waals surface area contributed by atoms with E-state index in [2.05, 4.69) is 5.32 Å². The third-order valence-electron chi connectivity index (χ3n) is 4.19. The van der Waals surface area contributed by atoms with Crippen LogP contribution in [0.4, 0.5) is 4.79 Å². The number of hydrogen-bond donors (Lipinski definition) is 1. The summed E-state index contributed by atoms with van der Waals surface area (Å²) >= 11 is 0. The Bertz CT molecular complexity index is 855. The highest BCUT2D eigenvalue weighted by Gasteiger charge is 2.29. The maximum Gasteiger partial charge on any atom is 0.321 e. The molecule has 2 aromatic rings. The van der Waals surface area contributed by atoms with E-state index in [1.54, 1.807) is 26.4 Å². The van der Waals surface area contributed by atoms with E-state index >= 15 is 0 Å². The topological polar surface area (TPSA) is 58.6 Å². The fraction of sp³-hybridized carbons (Fsp3) is 0.143. The lowest BCUT2D eigenvalue weighted by Crippen LogP contribution is -2.43. The van der Waals surface area contributed by atoms with E-state index in [1.807, 2.05) is 54.6 Å². The van der Waals surface area contributed by atoms with E-state index in [0.717, 1.165) is 16.9 Å². The molecule has 2 amide bonds. The summed E-state index contributed by atoms with van der Waals surface area (Å²) in [5.41, 5.74) is 2.28. The number of ketones is 1. The lowest BCUT2D eigenvalue weighted by Gasteiger charge is -2.29. The molecular weight excluding hydrogens is 328 g/mol. The third kappa shape index (κ3) is 3.83. The van der Waals surface area contributed by atoms with E-state index in [9.17, 15) is 9.59 Å². The first-order valence-electron chi connectivity index (χ1n) is 8.25. The molecule has 0 saturated carbocycles. The lowest BCUT2D eigenvalue weighted by molar-refractivity contribution is -0.111. The van der Waals surface area contributed by atoms with Crippen molar-refractivity contribution < 1.29 is 14.3 Å². The fourth-order valence-electron chi connectivity index (χ4n) is 2.74. The molecule has 0 bridgehead atoms. The van der Waals surface area contributed by atoms with Crippen LogP contribution < -0.4 is 10.1 Å². The van der Waals surface area contributed by atoms with Gasteiger partial charge in [0, 0.05) is 18.8 Å². The molecule has 1 heterocycles. The normalized spacial score (nSPS) is 17.0. The predicted molar refractivity (Wildman–Crippen MR) is 101 cm³/mol. The minimum absolute atomic E-state index is 0.151. The van der Waals surface area contributed by atoms with Gasteiger partial charge in [-0.05, 0) is 29.3 Å². The van der Waals surface area contributed by atoms with E-state index < -0.39 is 6.04 Å². The highest BCUT2D eigenvalue weighted by molar-refractivity contribution is 6.08. The van der Waals surface area contributed by atoms with E-state index in [-0.39, 0.29) is 11.8 Å². The van der Waals surface area contributed by atoms with Crippen LogP contribution in [-0.4, -0.2) is 30.9 Å². The Morgan fingerprint density at radius 2 is 1.81 bits per heavy atom. The molecule has 132 valence electrons. The zero-order valence-electron chi connectivity index (χ0n) is 14.7. The summed E-state index contributed by atoms with van der Waals surface area (Å²) in [6, 6.07) is 16.2. The van der Waals surface area contributed by atoms with Gasteiger partial charge in [0.2, 0.25) is 0 Å². The predicted octanol–water partition coefficient (Wildman–Crippen LogP) is 3.56. The van der Waals surface area contributed by atoms with E-state index in [4.69, 9.17) is 4.74 Å². The zero-order chi connectivity index (χ0) is 18.5. The second-order valence-corrected chi connectivity index (χ2v) is 5.96. The highest BCUT2D eigenvalue weighted by Crippen LogP contribution is 2.26. The number of ether oxygens (including phenoxy) is 1. The number of methoxy groups -OCH3 is 1. The van der Waals surface area contributed by atoms with Crippen LogP contribution in [0.1, 0.15) is 17.2 Å². The number of amides is 2. The summed E-state index contributed by atoms with van der Waals surface area (Å²) in [5.74, 6) is 0.610. The minimum Gasteiger partial charge on any atom is -0.497 e. The quantitative estimate of drug-likeness (QED) is 0.841. The van der Waals surface area contributed by atoms with Crippen LogP contribution in [0.15, 0.2) is 72.4 Å². The van der Waals surface area contributed by atoms with Gasteiger partial charge >= 0.3 is 6.03 Å². The molecule has 0 aliphatic carbocycles. The second-order valence-electron chi connectivity index (χ2n) is 5.96. The molecule has 0 spiro atoms. The van der Waals surface area contributed by atoms with Crippen molar-refractivity contribution in [2.75, 3.05) is 14.2 Å². The third-order valence-corrected chi connectivity index (χ3v) is 4.19. The van der Waals surface area contributed by atoms with Crippen molar-refractivity contribution in [1.82, 2.24) is 10.2 Å². The molecule has 26 heavy (non-hydrogen) atoms. The Morgan fingerprint density at radius 1 is 1.12 bits per heavy atom. The average molecular weight is 348 g/mol. The molecule has 1 N–H and O–H groups in total. The molecule has 1 aliphatic rings. The number of carbonyl (C=O) groups excluding carboxylic acids is 2. The average Bonchev–Trinajstić information content (AvgIpc) is 2.69. The van der Waals surface area contributed by atoms with Gasteiger partial charge < -0.3 is 15.0 Å². The van der Waals surface area contributed by atoms with Gasteiger partial charge in [-0.2, -0.15) is 0 Å². The Labute approximate surface area is 152 Å². The maximum absolute atomic E-state index is 12.8. The van der Waals surface area contributed by atoms with Crippen LogP contribution in [0.3, 0.4) is 0 Å². The first kappa shape index (κ1) is 17.5. The van der Waals surface area contributed by atoms with Gasteiger partial charge in [-0.25, -0.2) is 4.79 Å². The number of hydrogen-bond acceptors (Lipinski definition) is 3. The molecule has 2 aromatic carbocycles. The monoisotopic (exact) mass is 348 g/mol. The van der Waals surface area contributed by atoms with Crippen molar-refractivity contribution >= 4 is 17.9 Å². The second kappa shape index (κ2) is 7.70. The molecule has 5 heteroatoms. The number of benzene rings is 2. The van der Waals surface area contributed by atoms with Gasteiger partial charge in [0.15, 0.2) is 5.78 Å². The van der Waals surface area contributed by atoms with Gasteiger partial charge in [-0.1, -0.05) is 48.5 Å². The fourth-order valence-corrected chi connectivity index (χ4v) is 2.74. The van der Waals surface area contributed by atoms with Crippen LogP contribution >= 0.6 is 0 Å². The smallest absolute Gasteiger partial charge is 0.321 e. The molecule has 1 atom stereocenters. The molecule has 0 unspecified atom stereocenters. The lowest BCUT2D eigenvalue weighted by atomic mass is 9.94. The van der Waals surface area contributed by atoms with Gasteiger partial charge in [-0.15, -0.1) is 0 Å². The summed E-state index contributed by atoms with van der Waals surface area (Å²) in [7, 11) is 3.23. The molecule has 0 aromatic heterocycles. The first-order valence-corrected chi connectivity index (χ1v) is 8.25. The zero-order valence-corrected chi connectivity index (χ0v) is 14.7. The molecular formula is C21H20N2O3. The van der Waals surface area contributed by atoms with Gasteiger partial charge in [0.1, 0.15) is 5.75 Å². The summed E-state index contributed by atoms with van der Waals surface area (Å²) in [4.78, 5) is 26.2. The molecule has 5 nitrogen and oxygen atoms in total. The number of nitrogens with zero attached hydrogens (tertiary/aromatic N) is 1. The Kier molecular flexibility index (Phi) is 5.17. The van der Waals surface area contributed by atoms with E-state index in [1.165, 1.54) is 11.0 Å². The van der Waals surface area contributed by atoms with Crippen molar-refractivity contribution in [2.45, 2.75) is 6.04 Å². The van der Waals surface area contributed by atoms with Crippen molar-refractivity contribution in [2.24, 2.45) is 0 Å². The molecule has 0 saturated heterocycles. The summed E-state index contributed by atoms with van der Waals surface area (Å²) in [6.45, 7) is 0. The van der Waals surface area contributed by atoms with Crippen molar-refractivity contribution in [3.05, 3.63) is 83.6 Å². The largest absolute Gasteiger partial charge is 0.497 e. The number of carbonyl (C=O) groups is 2. The maximum atomic E-state index is 12.8. The standard InChI is InChI=1S/C21H20N2O3/c1-23-14-18(20(22-21(23)25)16-6-4-3-5-7-16)19(24)13-10-15-8-11-17(26-2)12-9-15/h3-14,20H,1-2H3,(H,22,25)/t20-/m1/s1. The summed E-state index contributed by atoms with van der Waals surface area (Å²) in [6.07, 6.45) is 4.87. The number of nitrogens with one attached hydrogen (secondary N) is 1. The molecule has 1 aliphatic heterocycles. The van der Waals surface area contributed by atoms with E-state index in [0.29, 0.717) is 5.57 Å². The van der Waals surface area contributed by atoms with Crippen LogP contribution in [0.2, 0.25) is 0 Å². The Morgan fingerprint density at radius 3 is 2.46 bits per heavy atom. The van der Waals surface area contributed by atoms with Crippen molar-refractivity contribution in [1.29, 1.82) is 0 Å². The number of allylic oxidation sites excluding steroid dienone is 1. The Balaban J connectivity index is 1.85. The number of urea groups is 1. The van der Waals surface area contributed by atoms with Crippen LogP contribution in [0.5, 0.6) is 5.75 Å². The first-order chi connectivity index (χ1) is 12.6. The van der Waals surface area contributed by atoms with Crippen LogP contribution in [-0.2, 0) is 4.79 Å². The van der Waals surface area contributed by atoms with Crippen molar-refractivity contribution in [3.8, 4) is 5.75 Å². The SMILES string of the molecule is COc1ccc(C=CC(=O)C2=CN(C)C(=O)N[C@@H]2c2ccccc2)cc1. The van der Waals surface area contributed by atoms with Crippen LogP contribution in [0.25, 0.3) is 6.08 Å². The van der Waals surface area contributed by atoms with Gasteiger partial charge in [0.25, 0.3) is 0 Å². The minimum atomic E-state index is -0.465. The van der Waals surface area contributed by atoms with Gasteiger partial charge in [-0.3, -0.25) is 4.79 Å². The van der Waals surface area contributed by atoms with Gasteiger partial charge in [0.05, 0.1) is 13.2 Å². The molecule has 3 rings (SSSR count). The summed E-state index contributed by atoms with van der Waals surface area (Å²) in [5, 5.41) is 2.87.